The van der Waals surface area contributed by atoms with Gasteiger partial charge in [-0.15, -0.1) is 0 Å². The fourth-order valence-electron chi connectivity index (χ4n) is 3.17. The van der Waals surface area contributed by atoms with E-state index < -0.39 is 0 Å². The van der Waals surface area contributed by atoms with E-state index in [9.17, 15) is 0 Å². The minimum atomic E-state index is 0.935. The van der Waals surface area contributed by atoms with Crippen molar-refractivity contribution in [3.8, 4) is 0 Å². The minimum Gasteiger partial charge on any atom is -0.324 e. The van der Waals surface area contributed by atoms with E-state index in [1.165, 1.54) is 49.4 Å². The zero-order valence-electron chi connectivity index (χ0n) is 10.6. The Kier molecular flexibility index (Phi) is 4.43. The van der Waals surface area contributed by atoms with E-state index >= 15 is 0 Å². The van der Waals surface area contributed by atoms with Crippen LogP contribution in [0.3, 0.4) is 0 Å². The lowest BCUT2D eigenvalue weighted by Gasteiger charge is -2.48. The average molecular weight is 198 g/mol. The molecule has 14 heavy (non-hydrogen) atoms. The van der Waals surface area contributed by atoms with Crippen LogP contribution in [0.4, 0.5) is 0 Å². The quantitative estimate of drug-likeness (QED) is 0.606. The zero-order valence-corrected chi connectivity index (χ0v) is 10.6. The van der Waals surface area contributed by atoms with Crippen molar-refractivity contribution < 1.29 is 4.48 Å². The Morgan fingerprint density at radius 2 is 1.36 bits per heavy atom. The minimum absolute atomic E-state index is 0.935. The Labute approximate surface area is 90.1 Å². The number of piperidine rings is 1. The summed E-state index contributed by atoms with van der Waals surface area (Å²) in [5.41, 5.74) is 0. The van der Waals surface area contributed by atoms with Gasteiger partial charge in [0.15, 0.2) is 0 Å². The fraction of sp³-hybridized carbons (Fsp3) is 1.00. The van der Waals surface area contributed by atoms with Crippen LogP contribution in [-0.2, 0) is 0 Å². The predicted molar refractivity (Wildman–Crippen MR) is 63.4 cm³/mol. The molecule has 0 bridgehead atoms. The lowest BCUT2D eigenvalue weighted by Crippen LogP contribution is -2.58. The summed E-state index contributed by atoms with van der Waals surface area (Å²) < 4.78 is 1.29. The van der Waals surface area contributed by atoms with Crippen molar-refractivity contribution in [2.45, 2.75) is 70.9 Å². The number of nitrogens with zero attached hydrogens (tertiary/aromatic N) is 1. The van der Waals surface area contributed by atoms with E-state index in [4.69, 9.17) is 0 Å². The first kappa shape index (κ1) is 12.0. The molecule has 2 unspecified atom stereocenters. The van der Waals surface area contributed by atoms with Crippen molar-refractivity contribution in [1.29, 1.82) is 0 Å². The Bertz CT molecular complexity index is 143. The van der Waals surface area contributed by atoms with Crippen LogP contribution < -0.4 is 0 Å². The Morgan fingerprint density at radius 1 is 0.929 bits per heavy atom. The summed E-state index contributed by atoms with van der Waals surface area (Å²) in [7, 11) is 4.92. The third-order valence-corrected chi connectivity index (χ3v) is 4.20. The highest BCUT2D eigenvalue weighted by Gasteiger charge is 2.38. The highest BCUT2D eigenvalue weighted by atomic mass is 15.4. The van der Waals surface area contributed by atoms with Crippen molar-refractivity contribution in [2.75, 3.05) is 14.1 Å². The van der Waals surface area contributed by atoms with Crippen molar-refractivity contribution in [2.24, 2.45) is 0 Å². The van der Waals surface area contributed by atoms with Gasteiger partial charge in [-0.1, -0.05) is 26.7 Å². The van der Waals surface area contributed by atoms with Gasteiger partial charge in [0.25, 0.3) is 0 Å². The van der Waals surface area contributed by atoms with Crippen LogP contribution in [0.25, 0.3) is 0 Å². The van der Waals surface area contributed by atoms with E-state index in [0.29, 0.717) is 0 Å². The molecule has 0 saturated carbocycles. The fourth-order valence-corrected chi connectivity index (χ4v) is 3.17. The number of quaternary nitrogens is 1. The monoisotopic (exact) mass is 198 g/mol. The van der Waals surface area contributed by atoms with Crippen molar-refractivity contribution in [3.63, 3.8) is 0 Å². The smallest absolute Gasteiger partial charge is 0.0888 e. The summed E-state index contributed by atoms with van der Waals surface area (Å²) >= 11 is 0. The third-order valence-electron chi connectivity index (χ3n) is 4.20. The van der Waals surface area contributed by atoms with Gasteiger partial charge in [0.05, 0.1) is 26.2 Å². The molecule has 0 radical (unpaired) electrons. The lowest BCUT2D eigenvalue weighted by atomic mass is 9.89. The first-order valence-corrected chi connectivity index (χ1v) is 6.46. The van der Waals surface area contributed by atoms with Gasteiger partial charge in [0, 0.05) is 0 Å². The summed E-state index contributed by atoms with van der Waals surface area (Å²) in [4.78, 5) is 0. The molecule has 84 valence electrons. The molecular formula is C13H28N+. The summed E-state index contributed by atoms with van der Waals surface area (Å²) in [6.45, 7) is 4.65. The topological polar surface area (TPSA) is 0 Å². The molecule has 1 heteroatoms. The maximum absolute atomic E-state index is 2.46. The molecule has 0 aliphatic carbocycles. The molecule has 1 aliphatic rings. The van der Waals surface area contributed by atoms with Crippen LogP contribution in [-0.4, -0.2) is 30.7 Å². The molecule has 1 heterocycles. The van der Waals surface area contributed by atoms with E-state index in [-0.39, 0.29) is 0 Å². The summed E-state index contributed by atoms with van der Waals surface area (Å²) in [5, 5.41) is 0. The molecule has 1 fully saturated rings. The molecule has 1 aliphatic heterocycles. The van der Waals surface area contributed by atoms with Gasteiger partial charge in [-0.2, -0.15) is 0 Å². The first-order valence-electron chi connectivity index (χ1n) is 6.46. The summed E-state index contributed by atoms with van der Waals surface area (Å²) in [6.07, 6.45) is 9.94. The third kappa shape index (κ3) is 2.50. The second-order valence-corrected chi connectivity index (χ2v) is 5.44. The van der Waals surface area contributed by atoms with Gasteiger partial charge in [-0.3, -0.25) is 0 Å². The van der Waals surface area contributed by atoms with E-state index in [1.54, 1.807) is 0 Å². The Balaban J connectivity index is 2.60. The van der Waals surface area contributed by atoms with E-state index in [0.717, 1.165) is 12.1 Å². The zero-order chi connectivity index (χ0) is 10.6. The maximum atomic E-state index is 2.46. The summed E-state index contributed by atoms with van der Waals surface area (Å²) in [6, 6.07) is 1.87. The van der Waals surface area contributed by atoms with Crippen LogP contribution in [0.5, 0.6) is 0 Å². The molecule has 0 aromatic carbocycles. The number of hydrogen-bond donors (Lipinski definition) is 0. The largest absolute Gasteiger partial charge is 0.324 e. The molecule has 0 amide bonds. The second-order valence-electron chi connectivity index (χ2n) is 5.44. The van der Waals surface area contributed by atoms with Crippen LogP contribution >= 0.6 is 0 Å². The van der Waals surface area contributed by atoms with Crippen molar-refractivity contribution >= 4 is 0 Å². The Hall–Kier alpha value is -0.0400. The molecule has 0 aromatic rings. The molecule has 1 nitrogen and oxygen atoms in total. The van der Waals surface area contributed by atoms with Gasteiger partial charge < -0.3 is 4.48 Å². The lowest BCUT2D eigenvalue weighted by molar-refractivity contribution is -0.944. The van der Waals surface area contributed by atoms with Crippen LogP contribution in [0.15, 0.2) is 0 Å². The second kappa shape index (κ2) is 5.16. The van der Waals surface area contributed by atoms with Crippen LogP contribution in [0.2, 0.25) is 0 Å². The van der Waals surface area contributed by atoms with Crippen molar-refractivity contribution in [1.82, 2.24) is 0 Å². The van der Waals surface area contributed by atoms with Crippen molar-refractivity contribution in [3.05, 3.63) is 0 Å². The normalized spacial score (nSPS) is 31.7. The van der Waals surface area contributed by atoms with E-state index in [1.807, 2.05) is 0 Å². The van der Waals surface area contributed by atoms with Gasteiger partial charge in [-0.05, 0) is 32.1 Å². The van der Waals surface area contributed by atoms with Gasteiger partial charge in [0.1, 0.15) is 0 Å². The Morgan fingerprint density at radius 3 is 1.71 bits per heavy atom. The van der Waals surface area contributed by atoms with Crippen LogP contribution in [0.1, 0.15) is 58.8 Å². The highest BCUT2D eigenvalue weighted by molar-refractivity contribution is 4.71. The summed E-state index contributed by atoms with van der Waals surface area (Å²) in [5.74, 6) is 0. The molecule has 1 saturated heterocycles. The van der Waals surface area contributed by atoms with Crippen LogP contribution in [0, 0.1) is 0 Å². The molecule has 2 atom stereocenters. The van der Waals surface area contributed by atoms with Gasteiger partial charge in [-0.25, -0.2) is 0 Å². The average Bonchev–Trinajstić information content (AvgIpc) is 2.13. The SMILES string of the molecule is CCCC1CCCC(CCC)[N+]1(C)C. The van der Waals surface area contributed by atoms with Gasteiger partial charge in [0.2, 0.25) is 0 Å². The highest BCUT2D eigenvalue weighted by Crippen LogP contribution is 2.32. The molecule has 0 aromatic heterocycles. The molecule has 1 rings (SSSR count). The van der Waals surface area contributed by atoms with E-state index in [2.05, 4.69) is 27.9 Å². The standard InChI is InChI=1S/C13H28N/c1-5-8-12-10-7-11-13(9-6-2)14(12,3)4/h12-13H,5-11H2,1-4H3/q+1. The predicted octanol–water partition coefficient (Wildman–Crippen LogP) is 3.58. The molecule has 0 N–H and O–H groups in total. The maximum Gasteiger partial charge on any atom is 0.0888 e. The number of rotatable bonds is 4. The molecular weight excluding hydrogens is 170 g/mol. The number of likely N-dealkylation sites (tertiary alicyclic amines) is 1. The van der Waals surface area contributed by atoms with Gasteiger partial charge >= 0.3 is 0 Å². The number of hydrogen-bond acceptors (Lipinski definition) is 0. The first-order chi connectivity index (χ1) is 6.62. The molecule has 0 spiro atoms.